The van der Waals surface area contributed by atoms with Gasteiger partial charge in [-0.1, -0.05) is 33.7 Å². The molecule has 4 unspecified atom stereocenters. The van der Waals surface area contributed by atoms with E-state index < -0.39 is 78.7 Å². The second-order valence-electron chi connectivity index (χ2n) is 6.85. The molecule has 0 radical (unpaired) electrons. The Balaban J connectivity index is 2.39. The van der Waals surface area contributed by atoms with Crippen LogP contribution >= 0.6 is 21.6 Å². The molecule has 0 aromatic carbocycles. The van der Waals surface area contributed by atoms with E-state index >= 15 is 0 Å². The molecule has 2 rings (SSSR count). The summed E-state index contributed by atoms with van der Waals surface area (Å²) >= 11 is 0. The Morgan fingerprint density at radius 1 is 0.750 bits per heavy atom. The predicted molar refractivity (Wildman–Crippen MR) is 114 cm³/mol. The normalized spacial score (nSPS) is 29.2. The molecule has 0 aromatic rings. The zero-order chi connectivity index (χ0) is 24.1. The summed E-state index contributed by atoms with van der Waals surface area (Å²) in [6.45, 7) is -1.28. The summed E-state index contributed by atoms with van der Waals surface area (Å²) in [6, 6.07) is 0. The summed E-state index contributed by atoms with van der Waals surface area (Å²) in [5.74, 6) is 0. The van der Waals surface area contributed by atoms with E-state index in [-0.39, 0.29) is 0 Å². The molecule has 16 heteroatoms. The maximum absolute atomic E-state index is 11.9. The molecule has 0 saturated heterocycles. The van der Waals surface area contributed by atoms with Crippen LogP contribution in [-0.2, 0) is 0 Å². The molecular weight excluding hydrogens is 472 g/mol. The van der Waals surface area contributed by atoms with Crippen molar-refractivity contribution in [2.45, 2.75) is 34.4 Å². The van der Waals surface area contributed by atoms with Crippen LogP contribution in [0.3, 0.4) is 0 Å². The number of aliphatic hydroxyl groups excluding tert-OH is 2. The summed E-state index contributed by atoms with van der Waals surface area (Å²) in [5.41, 5.74) is -5.13. The number of allylic oxidation sites excluding steroid dienone is 2. The SMILES string of the molecule is O=[N+]([O-])C1=CC(CCO)([N+](=O)[O-])C(SSC2C=CC([N+](=O)[O-])=CC2(CCO)[N+](=O)[O-])C=C1. The number of hydrogen-bond donors (Lipinski definition) is 2. The van der Waals surface area contributed by atoms with Crippen LogP contribution < -0.4 is 0 Å². The maximum Gasteiger partial charge on any atom is 0.272 e. The zero-order valence-electron chi connectivity index (χ0n) is 16.2. The van der Waals surface area contributed by atoms with Gasteiger partial charge in [-0.05, 0) is 0 Å². The molecule has 174 valence electrons. The third kappa shape index (κ3) is 4.82. The molecule has 0 bridgehead atoms. The van der Waals surface area contributed by atoms with Crippen molar-refractivity contribution in [3.8, 4) is 0 Å². The minimum atomic E-state index is -2.04. The average molecular weight is 490 g/mol. The highest BCUT2D eigenvalue weighted by Crippen LogP contribution is 2.47. The molecule has 0 amide bonds. The highest BCUT2D eigenvalue weighted by atomic mass is 33.1. The highest BCUT2D eigenvalue weighted by molar-refractivity contribution is 8.77. The van der Waals surface area contributed by atoms with Gasteiger partial charge in [-0.15, -0.1) is 0 Å². The third-order valence-electron chi connectivity index (χ3n) is 5.05. The molecule has 14 nitrogen and oxygen atoms in total. The van der Waals surface area contributed by atoms with Gasteiger partial charge in [0.2, 0.25) is 0 Å². The molecule has 0 saturated carbocycles. The van der Waals surface area contributed by atoms with Crippen molar-refractivity contribution in [1.82, 2.24) is 0 Å². The van der Waals surface area contributed by atoms with Crippen LogP contribution in [0.1, 0.15) is 12.8 Å². The van der Waals surface area contributed by atoms with Gasteiger partial charge in [0.15, 0.2) is 0 Å². The number of nitro groups is 4. The van der Waals surface area contributed by atoms with Crippen molar-refractivity contribution in [2.24, 2.45) is 0 Å². The Bertz CT molecular complexity index is 862. The monoisotopic (exact) mass is 490 g/mol. The van der Waals surface area contributed by atoms with E-state index in [1.54, 1.807) is 0 Å². The van der Waals surface area contributed by atoms with Gasteiger partial charge in [-0.2, -0.15) is 0 Å². The van der Waals surface area contributed by atoms with Crippen molar-refractivity contribution in [2.75, 3.05) is 13.2 Å². The lowest BCUT2D eigenvalue weighted by Gasteiger charge is -2.32. The molecule has 2 aliphatic carbocycles. The first-order chi connectivity index (χ1) is 15.0. The Labute approximate surface area is 187 Å². The van der Waals surface area contributed by atoms with Gasteiger partial charge in [0.25, 0.3) is 22.5 Å². The summed E-state index contributed by atoms with van der Waals surface area (Å²) in [7, 11) is 1.64. The molecule has 32 heavy (non-hydrogen) atoms. The van der Waals surface area contributed by atoms with Crippen LogP contribution in [0.25, 0.3) is 0 Å². The van der Waals surface area contributed by atoms with Crippen molar-refractivity contribution < 1.29 is 29.9 Å². The largest absolute Gasteiger partial charge is 0.396 e. The fraction of sp³-hybridized carbons (Fsp3) is 0.500. The lowest BCUT2D eigenvalue weighted by molar-refractivity contribution is -0.557. The maximum atomic E-state index is 11.9. The van der Waals surface area contributed by atoms with Gasteiger partial charge in [0.1, 0.15) is 10.5 Å². The fourth-order valence-corrected chi connectivity index (χ4v) is 6.84. The van der Waals surface area contributed by atoms with Crippen LogP contribution in [0, 0.1) is 40.5 Å². The van der Waals surface area contributed by atoms with Gasteiger partial charge in [0, 0.05) is 34.8 Å². The lowest BCUT2D eigenvalue weighted by atomic mass is 9.87. The standard InChI is InChI=1S/C16H18N4O10S2/c21-7-5-15(19(27)28)9-11(17(23)24)1-3-13(15)31-32-14-4-2-12(18(25)26)10-16(14,6-8-22)20(29)30/h1-4,9-10,13-14,21-22H,5-8H2. The second kappa shape index (κ2) is 10.2. The summed E-state index contributed by atoms with van der Waals surface area (Å²) in [6.07, 6.45) is 5.40. The van der Waals surface area contributed by atoms with Gasteiger partial charge in [-0.25, -0.2) is 0 Å². The molecule has 0 aliphatic heterocycles. The second-order valence-corrected chi connectivity index (χ2v) is 9.40. The number of rotatable bonds is 11. The molecule has 0 spiro atoms. The number of nitrogens with zero attached hydrogens (tertiary/aromatic N) is 4. The topological polar surface area (TPSA) is 213 Å². The molecule has 0 aromatic heterocycles. The fourth-order valence-electron chi connectivity index (χ4n) is 3.34. The highest BCUT2D eigenvalue weighted by Gasteiger charge is 2.55. The van der Waals surface area contributed by atoms with Crippen molar-refractivity contribution in [3.63, 3.8) is 0 Å². The van der Waals surface area contributed by atoms with Crippen LogP contribution in [0.4, 0.5) is 0 Å². The molecule has 0 fully saturated rings. The summed E-state index contributed by atoms with van der Waals surface area (Å²) < 4.78 is 0. The van der Waals surface area contributed by atoms with Crippen molar-refractivity contribution in [3.05, 3.63) is 88.3 Å². The Hall–Kier alpha value is -2.82. The summed E-state index contributed by atoms with van der Waals surface area (Å²) in [5, 5.41) is 62.6. The van der Waals surface area contributed by atoms with E-state index in [0.717, 1.165) is 45.9 Å². The van der Waals surface area contributed by atoms with Crippen LogP contribution in [0.2, 0.25) is 0 Å². The van der Waals surface area contributed by atoms with Crippen molar-refractivity contribution >= 4 is 21.6 Å². The summed E-state index contributed by atoms with van der Waals surface area (Å²) in [4.78, 5) is 42.9. The Morgan fingerprint density at radius 3 is 1.34 bits per heavy atom. The quantitative estimate of drug-likeness (QED) is 0.238. The van der Waals surface area contributed by atoms with E-state index in [9.17, 15) is 50.7 Å². The van der Waals surface area contributed by atoms with Gasteiger partial charge in [-0.3, -0.25) is 40.5 Å². The lowest BCUT2D eigenvalue weighted by Crippen LogP contribution is -2.49. The molecule has 4 atom stereocenters. The van der Waals surface area contributed by atoms with Gasteiger partial charge >= 0.3 is 0 Å². The van der Waals surface area contributed by atoms with E-state index in [0.29, 0.717) is 0 Å². The molecule has 2 N–H and O–H groups in total. The Kier molecular flexibility index (Phi) is 8.11. The van der Waals surface area contributed by atoms with E-state index in [1.165, 1.54) is 12.2 Å². The molecular formula is C16H18N4O10S2. The first kappa shape index (κ1) is 25.4. The van der Waals surface area contributed by atoms with E-state index in [4.69, 9.17) is 0 Å². The van der Waals surface area contributed by atoms with Crippen LogP contribution in [0.5, 0.6) is 0 Å². The third-order valence-corrected chi connectivity index (χ3v) is 8.29. The smallest absolute Gasteiger partial charge is 0.272 e. The first-order valence-corrected chi connectivity index (χ1v) is 11.3. The zero-order valence-corrected chi connectivity index (χ0v) is 17.8. The van der Waals surface area contributed by atoms with Crippen LogP contribution in [-0.4, -0.2) is 64.7 Å². The number of hydrogen-bond acceptors (Lipinski definition) is 12. The Morgan fingerprint density at radius 2 is 1.09 bits per heavy atom. The van der Waals surface area contributed by atoms with Crippen LogP contribution in [0.15, 0.2) is 47.9 Å². The predicted octanol–water partition coefficient (Wildman–Crippen LogP) is 1.36. The van der Waals surface area contributed by atoms with Gasteiger partial charge in [0.05, 0.1) is 35.2 Å². The first-order valence-electron chi connectivity index (χ1n) is 8.98. The average Bonchev–Trinajstić information content (AvgIpc) is 2.73. The van der Waals surface area contributed by atoms with Gasteiger partial charge < -0.3 is 10.2 Å². The minimum Gasteiger partial charge on any atom is -0.396 e. The number of aliphatic hydroxyl groups is 2. The minimum absolute atomic E-state index is 0.442. The molecule has 0 heterocycles. The van der Waals surface area contributed by atoms with E-state index in [1.807, 2.05) is 0 Å². The van der Waals surface area contributed by atoms with Crippen molar-refractivity contribution in [1.29, 1.82) is 0 Å². The van der Waals surface area contributed by atoms with E-state index in [2.05, 4.69) is 0 Å². The molecule has 2 aliphatic rings.